The molecule has 9 heteroatoms. The molecule has 1 amide bonds. The van der Waals surface area contributed by atoms with Gasteiger partial charge in [0.05, 0.1) is 5.56 Å². The second-order valence-corrected chi connectivity index (χ2v) is 7.62. The minimum absolute atomic E-state index is 0. The van der Waals surface area contributed by atoms with E-state index in [0.717, 1.165) is 29.9 Å². The van der Waals surface area contributed by atoms with Crippen LogP contribution in [0, 0.1) is 0 Å². The summed E-state index contributed by atoms with van der Waals surface area (Å²) in [4.78, 5) is 13.7. The van der Waals surface area contributed by atoms with Gasteiger partial charge >= 0.3 is 6.18 Å². The molecule has 3 N–H and O–H groups in total. The lowest BCUT2D eigenvalue weighted by Gasteiger charge is -2.22. The summed E-state index contributed by atoms with van der Waals surface area (Å²) in [6, 6.07) is 5.34. The van der Waals surface area contributed by atoms with Crippen molar-refractivity contribution >= 4 is 47.1 Å². The number of thioether (sulfide) groups is 1. The van der Waals surface area contributed by atoms with E-state index >= 15 is 0 Å². The molecule has 0 saturated heterocycles. The third-order valence-electron chi connectivity index (χ3n) is 3.74. The number of aryl methyl sites for hydroxylation is 1. The first-order valence-electron chi connectivity index (χ1n) is 7.28. The Bertz CT molecular complexity index is 764. The van der Waals surface area contributed by atoms with E-state index in [1.54, 1.807) is 11.3 Å². The molecule has 2 heterocycles. The average molecular weight is 409 g/mol. The number of nitrogens with two attached hydrogens (primary N) is 1. The zero-order valence-electron chi connectivity index (χ0n) is 12.9. The van der Waals surface area contributed by atoms with Crippen molar-refractivity contribution in [2.24, 2.45) is 5.73 Å². The molecular weight excluding hydrogens is 393 g/mol. The van der Waals surface area contributed by atoms with Crippen LogP contribution in [0.4, 0.5) is 18.9 Å². The number of alkyl halides is 3. The number of carbonyl (C=O) groups excluding carboxylic acids is 1. The molecule has 1 unspecified atom stereocenters. The third-order valence-corrected chi connectivity index (χ3v) is 5.98. The Morgan fingerprint density at radius 1 is 1.32 bits per heavy atom. The van der Waals surface area contributed by atoms with Crippen molar-refractivity contribution in [3.05, 3.63) is 51.2 Å². The van der Waals surface area contributed by atoms with Crippen LogP contribution in [0.25, 0.3) is 0 Å². The third kappa shape index (κ3) is 4.49. The van der Waals surface area contributed by atoms with E-state index in [9.17, 15) is 18.0 Å². The number of hydrogen-bond donors (Lipinski definition) is 2. The monoisotopic (exact) mass is 408 g/mol. The summed E-state index contributed by atoms with van der Waals surface area (Å²) >= 11 is 3.11. The van der Waals surface area contributed by atoms with Gasteiger partial charge in [0.25, 0.3) is 0 Å². The van der Waals surface area contributed by atoms with Crippen molar-refractivity contribution in [3.63, 3.8) is 0 Å². The highest BCUT2D eigenvalue weighted by molar-refractivity contribution is 8.00. The molecule has 0 bridgehead atoms. The number of nitrogens with one attached hydrogen (secondary N) is 1. The molecule has 1 atom stereocenters. The molecule has 3 rings (SSSR count). The lowest BCUT2D eigenvalue weighted by atomic mass is 10.1. The maximum Gasteiger partial charge on any atom is 0.416 e. The van der Waals surface area contributed by atoms with Crippen LogP contribution in [-0.4, -0.2) is 11.7 Å². The first-order valence-corrected chi connectivity index (χ1v) is 9.21. The Morgan fingerprint density at radius 3 is 2.76 bits per heavy atom. The Morgan fingerprint density at radius 2 is 2.08 bits per heavy atom. The summed E-state index contributed by atoms with van der Waals surface area (Å²) in [6.45, 7) is -0.0281. The van der Waals surface area contributed by atoms with Gasteiger partial charge < -0.3 is 11.1 Å². The predicted molar refractivity (Wildman–Crippen MR) is 98.4 cm³/mol. The Kier molecular flexibility index (Phi) is 6.42. The summed E-state index contributed by atoms with van der Waals surface area (Å²) in [5.41, 5.74) is 6.07. The van der Waals surface area contributed by atoms with E-state index in [2.05, 4.69) is 5.32 Å². The quantitative estimate of drug-likeness (QED) is 0.779. The SMILES string of the molecule is Cl.NCc1cc(NC(=O)C2SCCc3sccc32)cc(C(F)(F)F)c1. The van der Waals surface area contributed by atoms with Crippen LogP contribution in [0.3, 0.4) is 0 Å². The fourth-order valence-electron chi connectivity index (χ4n) is 2.62. The number of anilines is 1. The van der Waals surface area contributed by atoms with Gasteiger partial charge in [-0.1, -0.05) is 0 Å². The van der Waals surface area contributed by atoms with Crippen LogP contribution in [0.5, 0.6) is 0 Å². The molecule has 0 radical (unpaired) electrons. The molecule has 0 fully saturated rings. The molecule has 3 nitrogen and oxygen atoms in total. The second-order valence-electron chi connectivity index (χ2n) is 5.41. The van der Waals surface area contributed by atoms with Crippen molar-refractivity contribution in [2.45, 2.75) is 24.4 Å². The number of fused-ring (bicyclic) bond motifs is 1. The van der Waals surface area contributed by atoms with Gasteiger partial charge in [0, 0.05) is 17.1 Å². The van der Waals surface area contributed by atoms with Gasteiger partial charge in [-0.2, -0.15) is 13.2 Å². The summed E-state index contributed by atoms with van der Waals surface area (Å²) in [5.74, 6) is 0.518. The maximum atomic E-state index is 13.0. The van der Waals surface area contributed by atoms with Gasteiger partial charge in [0.2, 0.25) is 5.91 Å². The number of benzene rings is 1. The van der Waals surface area contributed by atoms with Gasteiger partial charge in [-0.3, -0.25) is 4.79 Å². The number of carbonyl (C=O) groups is 1. The summed E-state index contributed by atoms with van der Waals surface area (Å²) in [6.07, 6.45) is -3.56. The first kappa shape index (κ1) is 20.1. The first-order chi connectivity index (χ1) is 11.4. The van der Waals surface area contributed by atoms with Crippen molar-refractivity contribution in [3.8, 4) is 0 Å². The van der Waals surface area contributed by atoms with Crippen molar-refractivity contribution < 1.29 is 18.0 Å². The molecule has 1 aliphatic heterocycles. The van der Waals surface area contributed by atoms with Crippen LogP contribution in [0.2, 0.25) is 0 Å². The van der Waals surface area contributed by atoms with Gasteiger partial charge in [0.1, 0.15) is 5.25 Å². The molecule has 0 aliphatic carbocycles. The lowest BCUT2D eigenvalue weighted by Crippen LogP contribution is -2.22. The smallest absolute Gasteiger partial charge is 0.326 e. The summed E-state index contributed by atoms with van der Waals surface area (Å²) < 4.78 is 38.9. The fourth-order valence-corrected chi connectivity index (χ4v) is 4.91. The van der Waals surface area contributed by atoms with Gasteiger partial charge in [-0.25, -0.2) is 0 Å². The van der Waals surface area contributed by atoms with Crippen LogP contribution >= 0.6 is 35.5 Å². The Labute approximate surface area is 157 Å². The minimum Gasteiger partial charge on any atom is -0.326 e. The Balaban J connectivity index is 0.00000225. The maximum absolute atomic E-state index is 13.0. The summed E-state index contributed by atoms with van der Waals surface area (Å²) in [5, 5.41) is 4.16. The normalized spacial score (nSPS) is 16.7. The van der Waals surface area contributed by atoms with Crippen LogP contribution in [0.15, 0.2) is 29.6 Å². The lowest BCUT2D eigenvalue weighted by molar-refractivity contribution is -0.137. The zero-order valence-corrected chi connectivity index (χ0v) is 15.4. The zero-order chi connectivity index (χ0) is 17.3. The molecule has 25 heavy (non-hydrogen) atoms. The molecule has 0 saturated carbocycles. The highest BCUT2D eigenvalue weighted by atomic mass is 35.5. The van der Waals surface area contributed by atoms with Crippen molar-refractivity contribution in [1.29, 1.82) is 0 Å². The molecule has 1 aromatic carbocycles. The highest BCUT2D eigenvalue weighted by Gasteiger charge is 2.32. The standard InChI is InChI=1S/C16H15F3N2OS2.ClH/c17-16(18,19)10-5-9(8-20)6-11(7-10)21-15(22)14-12-1-3-23-13(12)2-4-24-14;/h1,3,5-7,14H,2,4,8,20H2,(H,21,22);1H. The summed E-state index contributed by atoms with van der Waals surface area (Å²) in [7, 11) is 0. The van der Waals surface area contributed by atoms with E-state index in [-0.39, 0.29) is 30.5 Å². The fraction of sp³-hybridized carbons (Fsp3) is 0.312. The van der Waals surface area contributed by atoms with Crippen molar-refractivity contribution in [2.75, 3.05) is 11.1 Å². The number of hydrogen-bond acceptors (Lipinski definition) is 4. The topological polar surface area (TPSA) is 55.1 Å². The van der Waals surface area contributed by atoms with Crippen LogP contribution in [0.1, 0.15) is 26.8 Å². The minimum atomic E-state index is -4.48. The van der Waals surface area contributed by atoms with E-state index in [4.69, 9.17) is 5.73 Å². The van der Waals surface area contributed by atoms with Gasteiger partial charge in [0.15, 0.2) is 0 Å². The van der Waals surface area contributed by atoms with E-state index in [0.29, 0.717) is 5.56 Å². The molecule has 0 spiro atoms. The number of halogens is 4. The molecular formula is C16H16ClF3N2OS2. The second kappa shape index (κ2) is 7.99. The van der Waals surface area contributed by atoms with E-state index < -0.39 is 17.0 Å². The Hall–Kier alpha value is -1.22. The molecule has 136 valence electrons. The molecule has 1 aromatic heterocycles. The van der Waals surface area contributed by atoms with Crippen LogP contribution < -0.4 is 11.1 Å². The number of rotatable bonds is 3. The van der Waals surface area contributed by atoms with E-state index in [1.165, 1.54) is 22.7 Å². The van der Waals surface area contributed by atoms with Gasteiger partial charge in [-0.15, -0.1) is 35.5 Å². The highest BCUT2D eigenvalue weighted by Crippen LogP contribution is 2.40. The van der Waals surface area contributed by atoms with Crippen molar-refractivity contribution in [1.82, 2.24) is 0 Å². The number of amides is 1. The molecule has 1 aliphatic rings. The molecule has 2 aromatic rings. The largest absolute Gasteiger partial charge is 0.416 e. The predicted octanol–water partition coefficient (Wildman–Crippen LogP) is 4.62. The average Bonchev–Trinajstić information content (AvgIpc) is 3.02. The van der Waals surface area contributed by atoms with Gasteiger partial charge in [-0.05, 0) is 52.9 Å². The van der Waals surface area contributed by atoms with Crippen LogP contribution in [-0.2, 0) is 23.9 Å². The van der Waals surface area contributed by atoms with E-state index in [1.807, 2.05) is 11.4 Å². The number of thiophene rings is 1.